The third-order valence-corrected chi connectivity index (χ3v) is 3.92. The Morgan fingerprint density at radius 3 is 1.78 bits per heavy atom. The van der Waals surface area contributed by atoms with Crippen molar-refractivity contribution in [1.29, 1.82) is 0 Å². The molecule has 8 heteroatoms. The van der Waals surface area contributed by atoms with Gasteiger partial charge in [0.05, 0.1) is 5.92 Å². The predicted molar refractivity (Wildman–Crippen MR) is 88.1 cm³/mol. The molecular formula is C19H14F3NO4. The normalized spacial score (nSPS) is 13.5. The van der Waals surface area contributed by atoms with Crippen LogP contribution in [0.1, 0.15) is 27.6 Å². The van der Waals surface area contributed by atoms with Gasteiger partial charge in [0, 0.05) is 23.5 Å². The van der Waals surface area contributed by atoms with E-state index in [-0.39, 0.29) is 11.1 Å². The van der Waals surface area contributed by atoms with Crippen molar-refractivity contribution in [2.45, 2.75) is 13.1 Å². The first kappa shape index (κ1) is 20.2. The van der Waals surface area contributed by atoms with Gasteiger partial charge in [-0.15, -0.1) is 0 Å². The summed E-state index contributed by atoms with van der Waals surface area (Å²) in [5.41, 5.74) is -0.320. The molecule has 2 rings (SSSR count). The minimum Gasteiger partial charge on any atom is -0.299 e. The molecule has 0 radical (unpaired) electrons. The van der Waals surface area contributed by atoms with Crippen molar-refractivity contribution in [2.24, 2.45) is 11.8 Å². The monoisotopic (exact) mass is 377 g/mol. The first-order valence-electron chi connectivity index (χ1n) is 7.79. The van der Waals surface area contributed by atoms with Crippen molar-refractivity contribution < 1.29 is 32.3 Å². The Bertz CT molecular complexity index is 864. The maximum absolute atomic E-state index is 13.1. The molecule has 0 aliphatic carbocycles. The molecule has 0 fully saturated rings. The van der Waals surface area contributed by atoms with Crippen LogP contribution in [0.25, 0.3) is 0 Å². The highest BCUT2D eigenvalue weighted by molar-refractivity contribution is 6.21. The van der Waals surface area contributed by atoms with E-state index in [0.717, 1.165) is 31.5 Å². The van der Waals surface area contributed by atoms with Crippen LogP contribution < -0.4 is 0 Å². The molecule has 0 aliphatic rings. The van der Waals surface area contributed by atoms with Crippen molar-refractivity contribution in [3.05, 3.63) is 66.0 Å². The van der Waals surface area contributed by atoms with Crippen LogP contribution in [0, 0.1) is 11.8 Å². The summed E-state index contributed by atoms with van der Waals surface area (Å²) in [5.74, 6) is -10.3. The van der Waals surface area contributed by atoms with E-state index in [9.17, 15) is 32.3 Å². The number of carbonyl (C=O) groups excluding carboxylic acids is 4. The summed E-state index contributed by atoms with van der Waals surface area (Å²) in [6, 6.07) is 9.30. The van der Waals surface area contributed by atoms with Gasteiger partial charge in [-0.05, 0) is 19.1 Å². The smallest absolute Gasteiger partial charge is 0.299 e. The number of alkyl halides is 3. The van der Waals surface area contributed by atoms with E-state index in [2.05, 4.69) is 4.98 Å². The minimum absolute atomic E-state index is 0.0693. The molecule has 2 unspecified atom stereocenters. The summed E-state index contributed by atoms with van der Waals surface area (Å²) in [7, 11) is 0. The second-order valence-electron chi connectivity index (χ2n) is 5.76. The van der Waals surface area contributed by atoms with Crippen molar-refractivity contribution in [1.82, 2.24) is 4.98 Å². The van der Waals surface area contributed by atoms with Crippen LogP contribution in [-0.4, -0.2) is 34.3 Å². The van der Waals surface area contributed by atoms with Crippen LogP contribution in [0.2, 0.25) is 0 Å². The Balaban J connectivity index is 2.58. The van der Waals surface area contributed by atoms with Gasteiger partial charge in [-0.2, -0.15) is 13.2 Å². The molecule has 5 nitrogen and oxygen atoms in total. The van der Waals surface area contributed by atoms with Crippen molar-refractivity contribution in [3.8, 4) is 0 Å². The lowest BCUT2D eigenvalue weighted by Gasteiger charge is -2.23. The molecule has 1 heterocycles. The Morgan fingerprint density at radius 2 is 1.30 bits per heavy atom. The van der Waals surface area contributed by atoms with Crippen molar-refractivity contribution in [2.75, 3.05) is 0 Å². The zero-order chi connectivity index (χ0) is 20.2. The van der Waals surface area contributed by atoms with Gasteiger partial charge in [0.15, 0.2) is 11.6 Å². The molecule has 0 saturated heterocycles. The van der Waals surface area contributed by atoms with Crippen LogP contribution in [0.3, 0.4) is 0 Å². The molecule has 0 N–H and O–H groups in total. The average molecular weight is 377 g/mol. The van der Waals surface area contributed by atoms with E-state index in [1.807, 2.05) is 0 Å². The lowest BCUT2D eigenvalue weighted by molar-refractivity contribution is -0.175. The molecule has 0 amide bonds. The summed E-state index contributed by atoms with van der Waals surface area (Å²) in [6.07, 6.45) is -3.08. The van der Waals surface area contributed by atoms with Gasteiger partial charge in [-0.1, -0.05) is 30.3 Å². The van der Waals surface area contributed by atoms with Crippen LogP contribution in [0.4, 0.5) is 13.2 Å². The van der Waals surface area contributed by atoms with Gasteiger partial charge in [-0.3, -0.25) is 24.2 Å². The molecule has 2 aromatic rings. The lowest BCUT2D eigenvalue weighted by atomic mass is 9.76. The lowest BCUT2D eigenvalue weighted by Crippen LogP contribution is -2.45. The Kier molecular flexibility index (Phi) is 5.99. The van der Waals surface area contributed by atoms with E-state index in [1.165, 1.54) is 24.3 Å². The van der Waals surface area contributed by atoms with Crippen molar-refractivity contribution in [3.63, 3.8) is 0 Å². The van der Waals surface area contributed by atoms with Gasteiger partial charge >= 0.3 is 6.18 Å². The number of benzene rings is 1. The molecular weight excluding hydrogens is 363 g/mol. The molecule has 1 aromatic heterocycles. The van der Waals surface area contributed by atoms with E-state index in [1.54, 1.807) is 6.07 Å². The summed E-state index contributed by atoms with van der Waals surface area (Å²) >= 11 is 0. The topological polar surface area (TPSA) is 81.2 Å². The SMILES string of the molecule is CC(=O)C(C(=O)c1ccccc1)C(C(=O)c1ccncc1)C(=O)C(F)(F)F. The van der Waals surface area contributed by atoms with Gasteiger partial charge in [0.1, 0.15) is 11.7 Å². The van der Waals surface area contributed by atoms with E-state index < -0.39 is 41.1 Å². The molecule has 140 valence electrons. The number of hydrogen-bond donors (Lipinski definition) is 0. The second-order valence-corrected chi connectivity index (χ2v) is 5.76. The fraction of sp³-hybridized carbons (Fsp3) is 0.211. The number of hydrogen-bond acceptors (Lipinski definition) is 5. The first-order chi connectivity index (χ1) is 12.6. The zero-order valence-electron chi connectivity index (χ0n) is 14.1. The first-order valence-corrected chi connectivity index (χ1v) is 7.79. The number of aromatic nitrogens is 1. The molecule has 1 aromatic carbocycles. The number of Topliss-reactive ketones (excluding diaryl/α,β-unsaturated/α-hetero) is 4. The van der Waals surface area contributed by atoms with Crippen LogP contribution in [-0.2, 0) is 9.59 Å². The third-order valence-electron chi connectivity index (χ3n) is 3.92. The second kappa shape index (κ2) is 8.03. The minimum atomic E-state index is -5.39. The molecule has 27 heavy (non-hydrogen) atoms. The van der Waals surface area contributed by atoms with Crippen LogP contribution in [0.15, 0.2) is 54.9 Å². The maximum atomic E-state index is 13.1. The summed E-state index contributed by atoms with van der Waals surface area (Å²) in [6.45, 7) is 0.877. The number of carbonyl (C=O) groups is 4. The highest BCUT2D eigenvalue weighted by atomic mass is 19.4. The fourth-order valence-electron chi connectivity index (χ4n) is 2.65. The standard InChI is InChI=1S/C19H14F3NO4/c1-11(24)14(16(25)12-5-3-2-4-6-12)15(18(27)19(20,21)22)17(26)13-7-9-23-10-8-13/h2-10,14-15H,1H3. The molecule has 0 spiro atoms. The summed E-state index contributed by atoms with van der Waals surface area (Å²) in [4.78, 5) is 53.1. The van der Waals surface area contributed by atoms with Gasteiger partial charge < -0.3 is 0 Å². The van der Waals surface area contributed by atoms with Crippen LogP contribution >= 0.6 is 0 Å². The molecule has 0 saturated carbocycles. The van der Waals surface area contributed by atoms with Crippen LogP contribution in [0.5, 0.6) is 0 Å². The highest BCUT2D eigenvalue weighted by Crippen LogP contribution is 2.31. The summed E-state index contributed by atoms with van der Waals surface area (Å²) < 4.78 is 39.4. The van der Waals surface area contributed by atoms with E-state index in [0.29, 0.717) is 0 Å². The number of ketones is 4. The van der Waals surface area contributed by atoms with E-state index in [4.69, 9.17) is 0 Å². The number of nitrogens with zero attached hydrogens (tertiary/aromatic N) is 1. The Labute approximate surface area is 152 Å². The van der Waals surface area contributed by atoms with Gasteiger partial charge in [-0.25, -0.2) is 0 Å². The largest absolute Gasteiger partial charge is 0.450 e. The number of halogens is 3. The third kappa shape index (κ3) is 4.52. The maximum Gasteiger partial charge on any atom is 0.450 e. The molecule has 0 bridgehead atoms. The average Bonchev–Trinajstić information content (AvgIpc) is 2.65. The number of rotatable bonds is 7. The van der Waals surface area contributed by atoms with Gasteiger partial charge in [0.2, 0.25) is 5.78 Å². The Hall–Kier alpha value is -3.16. The zero-order valence-corrected chi connectivity index (χ0v) is 14.1. The predicted octanol–water partition coefficient (Wildman–Crippen LogP) is 3.10. The van der Waals surface area contributed by atoms with E-state index >= 15 is 0 Å². The Morgan fingerprint density at radius 1 is 0.815 bits per heavy atom. The molecule has 2 atom stereocenters. The fourth-order valence-corrected chi connectivity index (χ4v) is 2.65. The molecule has 0 aliphatic heterocycles. The van der Waals surface area contributed by atoms with Crippen molar-refractivity contribution >= 4 is 23.1 Å². The summed E-state index contributed by atoms with van der Waals surface area (Å²) in [5, 5.41) is 0. The highest BCUT2D eigenvalue weighted by Gasteiger charge is 2.52. The number of pyridine rings is 1. The quantitative estimate of drug-likeness (QED) is 0.547. The van der Waals surface area contributed by atoms with Gasteiger partial charge in [0.25, 0.3) is 0 Å².